The van der Waals surface area contributed by atoms with Gasteiger partial charge in [0, 0.05) is 57.8 Å². The van der Waals surface area contributed by atoms with Crippen molar-refractivity contribution in [1.29, 1.82) is 0 Å². The summed E-state index contributed by atoms with van der Waals surface area (Å²) in [5, 5.41) is 9.53. The second-order valence-corrected chi connectivity index (χ2v) is 10.1. The van der Waals surface area contributed by atoms with E-state index >= 15 is 0 Å². The number of imidazole rings is 1. The van der Waals surface area contributed by atoms with Crippen molar-refractivity contribution in [3.63, 3.8) is 0 Å². The molecule has 38 heavy (non-hydrogen) atoms. The Kier molecular flexibility index (Phi) is 5.68. The van der Waals surface area contributed by atoms with E-state index in [0.29, 0.717) is 22.3 Å². The maximum atomic E-state index is 15.0. The SMILES string of the molecule is Fc1ccc(Cl)cc1-c1nc2ccccn2c1-c1ccc2ncc(-c3cnn(C4CCCNC4)c3)cc2c1. The number of hydrogen-bond donors (Lipinski definition) is 1. The van der Waals surface area contributed by atoms with E-state index in [9.17, 15) is 4.39 Å². The van der Waals surface area contributed by atoms with Crippen LogP contribution in [-0.2, 0) is 0 Å². The normalized spacial score (nSPS) is 15.9. The van der Waals surface area contributed by atoms with Crippen LogP contribution >= 0.6 is 11.6 Å². The minimum atomic E-state index is -0.367. The molecule has 4 aromatic heterocycles. The summed E-state index contributed by atoms with van der Waals surface area (Å²) in [6.45, 7) is 2.01. The number of pyridine rings is 2. The molecule has 1 unspecified atom stereocenters. The second-order valence-electron chi connectivity index (χ2n) is 9.70. The zero-order chi connectivity index (χ0) is 25.6. The number of aromatic nitrogens is 5. The summed E-state index contributed by atoms with van der Waals surface area (Å²) in [6.07, 6.45) is 10.1. The van der Waals surface area contributed by atoms with Crippen LogP contribution < -0.4 is 5.32 Å². The first-order valence-electron chi connectivity index (χ1n) is 12.7. The summed E-state index contributed by atoms with van der Waals surface area (Å²) in [5.74, 6) is -0.367. The molecule has 0 bridgehead atoms. The molecule has 0 saturated carbocycles. The highest BCUT2D eigenvalue weighted by Crippen LogP contribution is 2.37. The Balaban J connectivity index is 1.34. The molecular formula is C30H24ClFN6. The van der Waals surface area contributed by atoms with Crippen LogP contribution in [0.5, 0.6) is 0 Å². The van der Waals surface area contributed by atoms with Crippen molar-refractivity contribution < 1.29 is 4.39 Å². The highest BCUT2D eigenvalue weighted by molar-refractivity contribution is 6.30. The Bertz CT molecular complexity index is 1800. The molecule has 1 atom stereocenters. The Hall–Kier alpha value is -4.07. The lowest BCUT2D eigenvalue weighted by Gasteiger charge is -2.22. The Morgan fingerprint density at radius 2 is 1.89 bits per heavy atom. The van der Waals surface area contributed by atoms with Crippen LogP contribution in [0.1, 0.15) is 18.9 Å². The average Bonchev–Trinajstić information content (AvgIpc) is 3.60. The standard InChI is InChI=1S/C30H24ClFN6/c31-23-7-8-26(32)25(14-23)29-30(37-11-2-1-5-28(37)36-29)19-6-9-27-20(12-19)13-21(15-34-27)22-16-35-38(18-22)24-4-3-10-33-17-24/h1-2,5-9,11-16,18,24,33H,3-4,10,17H2. The second kappa shape index (κ2) is 9.35. The van der Waals surface area contributed by atoms with Crippen LogP contribution in [0.3, 0.4) is 0 Å². The number of nitrogens with one attached hydrogen (secondary N) is 1. The van der Waals surface area contributed by atoms with Crippen LogP contribution in [0.25, 0.3) is 50.2 Å². The summed E-state index contributed by atoms with van der Waals surface area (Å²) < 4.78 is 19.0. The highest BCUT2D eigenvalue weighted by Gasteiger charge is 2.20. The highest BCUT2D eigenvalue weighted by atomic mass is 35.5. The molecule has 0 radical (unpaired) electrons. The molecule has 0 amide bonds. The van der Waals surface area contributed by atoms with Crippen molar-refractivity contribution in [1.82, 2.24) is 29.5 Å². The van der Waals surface area contributed by atoms with E-state index in [4.69, 9.17) is 21.6 Å². The minimum absolute atomic E-state index is 0.367. The van der Waals surface area contributed by atoms with Gasteiger partial charge >= 0.3 is 0 Å². The predicted octanol–water partition coefficient (Wildman–Crippen LogP) is 6.80. The van der Waals surface area contributed by atoms with Crippen LogP contribution in [0.15, 0.2) is 85.5 Å². The van der Waals surface area contributed by atoms with E-state index in [1.54, 1.807) is 12.1 Å². The lowest BCUT2D eigenvalue weighted by Crippen LogP contribution is -2.31. The molecule has 2 aromatic carbocycles. The van der Waals surface area contributed by atoms with Gasteiger partial charge < -0.3 is 5.32 Å². The quantitative estimate of drug-likeness (QED) is 0.277. The van der Waals surface area contributed by atoms with E-state index in [-0.39, 0.29) is 5.82 Å². The van der Waals surface area contributed by atoms with Crippen LogP contribution in [-0.4, -0.2) is 37.2 Å². The topological polar surface area (TPSA) is 60.0 Å². The first-order chi connectivity index (χ1) is 18.6. The third kappa shape index (κ3) is 4.04. The van der Waals surface area contributed by atoms with E-state index in [0.717, 1.165) is 64.9 Å². The van der Waals surface area contributed by atoms with E-state index in [1.807, 2.05) is 53.3 Å². The van der Waals surface area contributed by atoms with Crippen molar-refractivity contribution in [3.8, 4) is 33.6 Å². The molecule has 5 heterocycles. The van der Waals surface area contributed by atoms with Crippen molar-refractivity contribution in [2.24, 2.45) is 0 Å². The zero-order valence-electron chi connectivity index (χ0n) is 20.5. The fourth-order valence-electron chi connectivity index (χ4n) is 5.32. The molecule has 6 aromatic rings. The predicted molar refractivity (Wildman–Crippen MR) is 149 cm³/mol. The molecular weight excluding hydrogens is 499 g/mol. The molecule has 1 saturated heterocycles. The number of rotatable bonds is 4. The van der Waals surface area contributed by atoms with Crippen LogP contribution in [0.4, 0.5) is 4.39 Å². The molecule has 8 heteroatoms. The molecule has 7 rings (SSSR count). The smallest absolute Gasteiger partial charge is 0.137 e. The number of piperidine rings is 1. The van der Waals surface area contributed by atoms with Crippen molar-refractivity contribution >= 4 is 28.2 Å². The Labute approximate surface area is 223 Å². The van der Waals surface area contributed by atoms with Gasteiger partial charge in [-0.05, 0) is 67.9 Å². The monoisotopic (exact) mass is 522 g/mol. The largest absolute Gasteiger partial charge is 0.315 e. The third-order valence-electron chi connectivity index (χ3n) is 7.25. The van der Waals surface area contributed by atoms with Crippen molar-refractivity contribution in [2.75, 3.05) is 13.1 Å². The zero-order valence-corrected chi connectivity index (χ0v) is 21.2. The Morgan fingerprint density at radius 3 is 2.79 bits per heavy atom. The van der Waals surface area contributed by atoms with Gasteiger partial charge in [-0.15, -0.1) is 0 Å². The molecule has 1 aliphatic heterocycles. The number of fused-ring (bicyclic) bond motifs is 2. The molecule has 188 valence electrons. The van der Waals surface area contributed by atoms with Gasteiger partial charge in [0.2, 0.25) is 0 Å². The van der Waals surface area contributed by atoms with Gasteiger partial charge in [0.15, 0.2) is 0 Å². The maximum Gasteiger partial charge on any atom is 0.137 e. The van der Waals surface area contributed by atoms with Gasteiger partial charge in [-0.25, -0.2) is 9.37 Å². The van der Waals surface area contributed by atoms with Crippen molar-refractivity contribution in [3.05, 3.63) is 96.3 Å². The van der Waals surface area contributed by atoms with Crippen molar-refractivity contribution in [2.45, 2.75) is 18.9 Å². The molecule has 0 spiro atoms. The summed E-state index contributed by atoms with van der Waals surface area (Å²) in [5.41, 5.74) is 6.27. The maximum absolute atomic E-state index is 15.0. The van der Waals surface area contributed by atoms with E-state index in [1.165, 1.54) is 6.07 Å². The number of benzene rings is 2. The lowest BCUT2D eigenvalue weighted by molar-refractivity contribution is 0.347. The van der Waals surface area contributed by atoms with E-state index in [2.05, 4.69) is 33.4 Å². The van der Waals surface area contributed by atoms with Gasteiger partial charge in [-0.2, -0.15) is 5.10 Å². The third-order valence-corrected chi connectivity index (χ3v) is 7.48. The lowest BCUT2D eigenvalue weighted by atomic mass is 10.0. The van der Waals surface area contributed by atoms with Crippen LogP contribution in [0.2, 0.25) is 5.02 Å². The first kappa shape index (κ1) is 23.1. The molecule has 1 N–H and O–H groups in total. The molecule has 1 aliphatic rings. The number of halogens is 2. The van der Waals surface area contributed by atoms with Gasteiger partial charge in [0.05, 0.1) is 23.4 Å². The number of hydrogen-bond acceptors (Lipinski definition) is 4. The van der Waals surface area contributed by atoms with Gasteiger partial charge in [0.25, 0.3) is 0 Å². The summed E-state index contributed by atoms with van der Waals surface area (Å²) in [6, 6.07) is 18.9. The molecule has 0 aliphatic carbocycles. The number of nitrogens with zero attached hydrogens (tertiary/aromatic N) is 5. The summed E-state index contributed by atoms with van der Waals surface area (Å²) in [4.78, 5) is 9.51. The first-order valence-corrected chi connectivity index (χ1v) is 13.1. The van der Waals surface area contributed by atoms with Crippen LogP contribution in [0, 0.1) is 5.82 Å². The average molecular weight is 523 g/mol. The minimum Gasteiger partial charge on any atom is -0.315 e. The molecule has 6 nitrogen and oxygen atoms in total. The van der Waals surface area contributed by atoms with Gasteiger partial charge in [-0.1, -0.05) is 23.7 Å². The van der Waals surface area contributed by atoms with Gasteiger partial charge in [0.1, 0.15) is 17.2 Å². The fraction of sp³-hybridized carbons (Fsp3) is 0.167. The summed E-state index contributed by atoms with van der Waals surface area (Å²) in [7, 11) is 0. The molecule has 1 fully saturated rings. The fourth-order valence-corrected chi connectivity index (χ4v) is 5.49. The van der Waals surface area contributed by atoms with Gasteiger partial charge in [-0.3, -0.25) is 14.1 Å². The summed E-state index contributed by atoms with van der Waals surface area (Å²) >= 11 is 6.25. The Morgan fingerprint density at radius 1 is 0.974 bits per heavy atom. The van der Waals surface area contributed by atoms with E-state index < -0.39 is 0 Å².